The van der Waals surface area contributed by atoms with Gasteiger partial charge in [0.1, 0.15) is 36.3 Å². The molecule has 0 radical (unpaired) electrons. The van der Waals surface area contributed by atoms with E-state index in [4.69, 9.17) is 11.5 Å². The molecule has 10 atom stereocenters. The summed E-state index contributed by atoms with van der Waals surface area (Å²) in [5, 5.41) is 49.2. The van der Waals surface area contributed by atoms with Crippen LogP contribution in [0.2, 0.25) is 0 Å². The molecule has 10 unspecified atom stereocenters. The number of fused-ring (bicyclic) bond motifs is 1. The van der Waals surface area contributed by atoms with Crippen molar-refractivity contribution < 1.29 is 48.9 Å². The van der Waals surface area contributed by atoms with E-state index in [1.165, 1.54) is 13.8 Å². The van der Waals surface area contributed by atoms with E-state index in [1.807, 2.05) is 54.6 Å². The minimum Gasteiger partial charge on any atom is -0.394 e. The van der Waals surface area contributed by atoms with Crippen LogP contribution >= 0.6 is 25.3 Å². The third kappa shape index (κ3) is 18.0. The van der Waals surface area contributed by atoms with Crippen molar-refractivity contribution in [1.29, 1.82) is 0 Å². The maximum Gasteiger partial charge on any atom is 0.245 e. The Bertz CT molecular complexity index is 2360. The van der Waals surface area contributed by atoms with E-state index in [0.717, 1.165) is 16.5 Å². The van der Waals surface area contributed by atoms with Crippen LogP contribution in [-0.2, 0) is 52.8 Å². The second kappa shape index (κ2) is 29.4. The Balaban J connectivity index is 1.61. The lowest BCUT2D eigenvalue weighted by molar-refractivity contribution is -0.136. The quantitative estimate of drug-likeness (QED) is 0.0222. The molecule has 0 bridgehead atoms. The summed E-state index contributed by atoms with van der Waals surface area (Å²) in [5.74, 6) is -5.96. The van der Waals surface area contributed by atoms with Gasteiger partial charge < -0.3 is 69.0 Å². The maximum absolute atomic E-state index is 14.6. The topological polar surface area (TPSA) is 332 Å². The molecule has 0 aliphatic carbocycles. The Morgan fingerprint density at radius 3 is 1.59 bits per heavy atom. The smallest absolute Gasteiger partial charge is 0.245 e. The Hall–Kier alpha value is -6.01. The number of aliphatic hydroxyl groups is 3. The van der Waals surface area contributed by atoms with Crippen molar-refractivity contribution >= 4 is 77.5 Å². The first-order chi connectivity index (χ1) is 34.0. The number of aromatic nitrogens is 1. The number of nitrogens with two attached hydrogens (primary N) is 2. The minimum atomic E-state index is -1.65. The summed E-state index contributed by atoms with van der Waals surface area (Å²) in [5.41, 5.74) is 14.8. The summed E-state index contributed by atoms with van der Waals surface area (Å²) in [7, 11) is 0. The third-order valence-corrected chi connectivity index (χ3v) is 12.4. The minimum absolute atomic E-state index is 0.0127. The number of thiol groups is 2. The standard InChI is InChI=1S/C49H68N10O10S2/c1-28(61)39(25-60)56-48(68)41(27-71)58-49(69)42(29(2)62)59-44(64)36(19-11-12-20-50)53-46(66)38(23-32-24-52-35-18-10-9-17-33(32)35)55-45(65)37(22-31-15-7-4-8-16-31)54-47(67)40(26-70)57-43(63)34(51)21-30-13-5-3-6-14-30/h3-10,13-18,24,28-29,34,36-42,52,60-62,70-71H,11-12,19-23,25-27,50-51H2,1-2H3,(H,53,66)(H,54,67)(H,55,65)(H,56,68)(H,57,63)(H,58,69)(H,59,64). The molecule has 4 aromatic rings. The number of carbonyl (C=O) groups is 7. The lowest BCUT2D eigenvalue weighted by Gasteiger charge is -2.28. The number of nitrogens with one attached hydrogen (secondary N) is 8. The first kappa shape index (κ1) is 57.6. The van der Waals surface area contributed by atoms with E-state index in [-0.39, 0.29) is 43.7 Å². The highest BCUT2D eigenvalue weighted by molar-refractivity contribution is 7.80. The number of H-pyrrole nitrogens is 1. The van der Waals surface area contributed by atoms with Crippen LogP contribution < -0.4 is 48.7 Å². The van der Waals surface area contributed by atoms with Gasteiger partial charge >= 0.3 is 0 Å². The molecule has 71 heavy (non-hydrogen) atoms. The summed E-state index contributed by atoms with van der Waals surface area (Å²) >= 11 is 8.47. The van der Waals surface area contributed by atoms with E-state index in [2.05, 4.69) is 67.5 Å². The molecule has 386 valence electrons. The highest BCUT2D eigenvalue weighted by atomic mass is 32.1. The molecule has 15 N–H and O–H groups in total. The molecule has 1 aromatic heterocycles. The van der Waals surface area contributed by atoms with Gasteiger partial charge in [0.2, 0.25) is 41.4 Å². The SMILES string of the molecule is CC(O)C(CO)NC(=O)C(CS)NC(=O)C(NC(=O)C(CCCCN)NC(=O)C(Cc1c[nH]c2ccccc12)NC(=O)C(Cc1ccccc1)NC(=O)C(CS)NC(=O)C(N)Cc1ccccc1)C(C)O. The zero-order valence-corrected chi connectivity index (χ0v) is 41.5. The molecule has 20 nitrogen and oxygen atoms in total. The molecule has 0 aliphatic rings. The number of rotatable bonds is 29. The first-order valence-corrected chi connectivity index (χ1v) is 24.7. The number of hydrogen-bond acceptors (Lipinski definition) is 14. The zero-order valence-electron chi connectivity index (χ0n) is 39.8. The van der Waals surface area contributed by atoms with Crippen LogP contribution in [0.15, 0.2) is 91.1 Å². The van der Waals surface area contributed by atoms with Gasteiger partial charge in [-0.1, -0.05) is 78.9 Å². The Morgan fingerprint density at radius 1 is 0.563 bits per heavy atom. The summed E-state index contributed by atoms with van der Waals surface area (Å²) < 4.78 is 0. The number of aliphatic hydroxyl groups excluding tert-OH is 3. The van der Waals surface area contributed by atoms with E-state index >= 15 is 0 Å². The van der Waals surface area contributed by atoms with Crippen molar-refractivity contribution in [2.24, 2.45) is 11.5 Å². The van der Waals surface area contributed by atoms with Crippen LogP contribution in [0.1, 0.15) is 49.8 Å². The molecule has 3 aromatic carbocycles. The summed E-state index contributed by atoms with van der Waals surface area (Å²) in [6.07, 6.45) is -0.0947. The normalized spacial score (nSPS) is 15.5. The van der Waals surface area contributed by atoms with Crippen molar-refractivity contribution in [1.82, 2.24) is 42.2 Å². The van der Waals surface area contributed by atoms with E-state index in [0.29, 0.717) is 24.0 Å². The maximum atomic E-state index is 14.6. The molecule has 7 amide bonds. The molecule has 4 rings (SSSR count). The van der Waals surface area contributed by atoms with Gasteiger partial charge in [-0.05, 0) is 68.8 Å². The van der Waals surface area contributed by atoms with Crippen LogP contribution in [0.3, 0.4) is 0 Å². The molecule has 22 heteroatoms. The fraction of sp³-hybridized carbons (Fsp3) is 0.449. The molecule has 0 saturated heterocycles. The Labute approximate surface area is 423 Å². The van der Waals surface area contributed by atoms with Crippen molar-refractivity contribution in [3.63, 3.8) is 0 Å². The zero-order chi connectivity index (χ0) is 52.0. The van der Waals surface area contributed by atoms with Crippen molar-refractivity contribution in [3.8, 4) is 0 Å². The predicted octanol–water partition coefficient (Wildman–Crippen LogP) is -1.34. The van der Waals surface area contributed by atoms with Crippen molar-refractivity contribution in [2.45, 2.75) is 113 Å². The van der Waals surface area contributed by atoms with E-state index < -0.39 is 108 Å². The third-order valence-electron chi connectivity index (χ3n) is 11.7. The van der Waals surface area contributed by atoms with E-state index in [1.54, 1.807) is 36.5 Å². The summed E-state index contributed by atoms with van der Waals surface area (Å²) in [6.45, 7) is 2.25. The average molecular weight is 1020 g/mol. The van der Waals surface area contributed by atoms with Crippen LogP contribution in [0.25, 0.3) is 10.9 Å². The average Bonchev–Trinajstić information content (AvgIpc) is 3.77. The fourth-order valence-electron chi connectivity index (χ4n) is 7.52. The van der Waals surface area contributed by atoms with Gasteiger partial charge in [0.15, 0.2) is 0 Å². The molecule has 0 aliphatic heterocycles. The summed E-state index contributed by atoms with van der Waals surface area (Å²) in [4.78, 5) is 100. The van der Waals surface area contributed by atoms with Gasteiger partial charge in [0, 0.05) is 41.4 Å². The number of carbonyl (C=O) groups excluding carboxylic acids is 7. The fourth-order valence-corrected chi connectivity index (χ4v) is 8.03. The van der Waals surface area contributed by atoms with E-state index in [9.17, 15) is 48.9 Å². The lowest BCUT2D eigenvalue weighted by Crippen LogP contribution is -2.62. The number of aromatic amines is 1. The molecule has 0 fully saturated rings. The largest absolute Gasteiger partial charge is 0.394 e. The number of unbranched alkanes of at least 4 members (excludes halogenated alkanes) is 1. The number of para-hydroxylation sites is 1. The Morgan fingerprint density at radius 2 is 1.04 bits per heavy atom. The van der Waals surface area contributed by atoms with Crippen LogP contribution in [0.5, 0.6) is 0 Å². The monoisotopic (exact) mass is 1020 g/mol. The van der Waals surface area contributed by atoms with Gasteiger partial charge in [-0.25, -0.2) is 0 Å². The first-order valence-electron chi connectivity index (χ1n) is 23.4. The van der Waals surface area contributed by atoms with Crippen LogP contribution in [0.4, 0.5) is 0 Å². The van der Waals surface area contributed by atoms with Gasteiger partial charge in [0.05, 0.1) is 30.9 Å². The molecule has 1 heterocycles. The second-order valence-corrected chi connectivity index (χ2v) is 18.0. The van der Waals surface area contributed by atoms with Crippen LogP contribution in [-0.4, -0.2) is 147 Å². The highest BCUT2D eigenvalue weighted by Crippen LogP contribution is 2.20. The lowest BCUT2D eigenvalue weighted by atomic mass is 10.0. The van der Waals surface area contributed by atoms with Crippen molar-refractivity contribution in [3.05, 3.63) is 108 Å². The Kier molecular flexibility index (Phi) is 23.8. The molecular formula is C49H68N10O10S2. The van der Waals surface area contributed by atoms with Gasteiger partial charge in [-0.15, -0.1) is 0 Å². The number of hydrogen-bond donors (Lipinski definition) is 15. The highest BCUT2D eigenvalue weighted by Gasteiger charge is 2.35. The number of benzene rings is 3. The predicted molar refractivity (Wildman–Crippen MR) is 275 cm³/mol. The van der Waals surface area contributed by atoms with Crippen molar-refractivity contribution in [2.75, 3.05) is 24.7 Å². The molecular weight excluding hydrogens is 953 g/mol. The molecule has 0 saturated carbocycles. The van der Waals surface area contributed by atoms with Crippen LogP contribution in [0, 0.1) is 0 Å². The number of amides is 7. The second-order valence-electron chi connectivity index (χ2n) is 17.3. The van der Waals surface area contributed by atoms with Gasteiger partial charge in [-0.3, -0.25) is 33.6 Å². The van der Waals surface area contributed by atoms with Gasteiger partial charge in [-0.2, -0.15) is 25.3 Å². The molecule has 0 spiro atoms. The summed E-state index contributed by atoms with van der Waals surface area (Å²) in [6, 6.07) is 15.0. The van der Waals surface area contributed by atoms with Gasteiger partial charge in [0.25, 0.3) is 0 Å².